The zero-order valence-corrected chi connectivity index (χ0v) is 17.2. The first kappa shape index (κ1) is 21.9. The molecule has 0 aliphatic heterocycles. The summed E-state index contributed by atoms with van der Waals surface area (Å²) in [6.07, 6.45) is 3.43. The summed E-state index contributed by atoms with van der Waals surface area (Å²) < 4.78 is 27.4. The van der Waals surface area contributed by atoms with Crippen molar-refractivity contribution in [3.05, 3.63) is 89.8 Å². The van der Waals surface area contributed by atoms with Crippen LogP contribution in [-0.4, -0.2) is 37.1 Å². The molecule has 30 heavy (non-hydrogen) atoms. The number of ether oxygens (including phenoxy) is 2. The molecule has 0 saturated heterocycles. The van der Waals surface area contributed by atoms with Crippen LogP contribution in [0.3, 0.4) is 0 Å². The van der Waals surface area contributed by atoms with E-state index >= 15 is 4.39 Å². The zero-order valence-electron chi connectivity index (χ0n) is 16.4. The lowest BCUT2D eigenvalue weighted by Crippen LogP contribution is -2.45. The molecule has 1 aliphatic carbocycles. The van der Waals surface area contributed by atoms with Crippen LogP contribution in [0.15, 0.2) is 78.6 Å². The summed E-state index contributed by atoms with van der Waals surface area (Å²) >= 11 is 6.52. The van der Waals surface area contributed by atoms with E-state index in [1.807, 2.05) is 12.1 Å². The fourth-order valence-corrected chi connectivity index (χ4v) is 3.86. The van der Waals surface area contributed by atoms with E-state index in [1.54, 1.807) is 54.6 Å². The summed E-state index contributed by atoms with van der Waals surface area (Å²) in [5.41, 5.74) is -0.776. The standard InChI is InChI=1S/C24H21ClFNO3/c1-29-14-15-30-24(20(16-28)18-8-4-2-5-9-18)13-12-23(25,17-27)21(22(24)26)19-10-6-3-7-11-19/h2-13,16,20H,14-15H2,1H3. The number of rotatable bonds is 8. The van der Waals surface area contributed by atoms with Gasteiger partial charge in [-0.15, -0.1) is 0 Å². The Morgan fingerprint density at radius 2 is 1.73 bits per heavy atom. The number of allylic oxidation sites excluding steroid dienone is 2. The van der Waals surface area contributed by atoms with Gasteiger partial charge in [0.15, 0.2) is 10.5 Å². The third-order valence-electron chi connectivity index (χ3n) is 5.10. The predicted molar refractivity (Wildman–Crippen MR) is 114 cm³/mol. The zero-order chi connectivity index (χ0) is 21.6. The highest BCUT2D eigenvalue weighted by Gasteiger charge is 2.51. The number of hydrogen-bond acceptors (Lipinski definition) is 4. The molecule has 3 atom stereocenters. The first-order valence-electron chi connectivity index (χ1n) is 9.42. The van der Waals surface area contributed by atoms with Crippen LogP contribution < -0.4 is 0 Å². The Balaban J connectivity index is 2.26. The molecule has 6 heteroatoms. The SMILES string of the molecule is COCCOC1(C(C=O)c2ccccc2)C=CC(Cl)(C#N)C(c2ccccc2)=C1F. The lowest BCUT2D eigenvalue weighted by atomic mass is 9.73. The highest BCUT2D eigenvalue weighted by molar-refractivity contribution is 6.34. The molecule has 0 aromatic heterocycles. The van der Waals surface area contributed by atoms with Crippen LogP contribution in [0.4, 0.5) is 4.39 Å². The van der Waals surface area contributed by atoms with Crippen LogP contribution in [0.25, 0.3) is 5.57 Å². The Bertz CT molecular complexity index is 987. The topological polar surface area (TPSA) is 59.3 Å². The summed E-state index contributed by atoms with van der Waals surface area (Å²) in [7, 11) is 1.50. The summed E-state index contributed by atoms with van der Waals surface area (Å²) in [4.78, 5) is 10.5. The van der Waals surface area contributed by atoms with Crippen LogP contribution in [-0.2, 0) is 14.3 Å². The predicted octanol–water partition coefficient (Wildman–Crippen LogP) is 4.82. The molecule has 0 saturated carbocycles. The van der Waals surface area contributed by atoms with Crippen LogP contribution in [0.1, 0.15) is 17.0 Å². The molecule has 154 valence electrons. The Labute approximate surface area is 180 Å². The minimum atomic E-state index is -1.76. The Morgan fingerprint density at radius 1 is 1.10 bits per heavy atom. The highest BCUT2D eigenvalue weighted by Crippen LogP contribution is 2.50. The van der Waals surface area contributed by atoms with Crippen molar-refractivity contribution in [3.63, 3.8) is 0 Å². The average molecular weight is 426 g/mol. The number of nitrogens with zero attached hydrogens (tertiary/aromatic N) is 1. The fourth-order valence-electron chi connectivity index (χ4n) is 3.61. The molecule has 1 aliphatic rings. The van der Waals surface area contributed by atoms with Gasteiger partial charge >= 0.3 is 0 Å². The quantitative estimate of drug-likeness (QED) is 0.263. The maximum atomic E-state index is 16.4. The van der Waals surface area contributed by atoms with E-state index in [0.717, 1.165) is 0 Å². The Kier molecular flexibility index (Phi) is 6.84. The van der Waals surface area contributed by atoms with Crippen molar-refractivity contribution in [2.24, 2.45) is 0 Å². The van der Waals surface area contributed by atoms with Crippen molar-refractivity contribution in [2.75, 3.05) is 20.3 Å². The lowest BCUT2D eigenvalue weighted by Gasteiger charge is -2.40. The van der Waals surface area contributed by atoms with Gasteiger partial charge in [0.05, 0.1) is 25.2 Å². The molecule has 0 radical (unpaired) electrons. The second-order valence-electron chi connectivity index (χ2n) is 6.87. The smallest absolute Gasteiger partial charge is 0.177 e. The molecule has 3 rings (SSSR count). The number of hydrogen-bond donors (Lipinski definition) is 0. The molecule has 3 unspecified atom stereocenters. The van der Waals surface area contributed by atoms with Gasteiger partial charge in [-0.3, -0.25) is 0 Å². The van der Waals surface area contributed by atoms with Crippen molar-refractivity contribution >= 4 is 23.5 Å². The Hall–Kier alpha value is -2.78. The van der Waals surface area contributed by atoms with Crippen molar-refractivity contribution in [1.82, 2.24) is 0 Å². The molecule has 0 spiro atoms. The largest absolute Gasteiger partial charge is 0.382 e. The minimum absolute atomic E-state index is 0.0324. The van der Waals surface area contributed by atoms with Gasteiger partial charge in [0.25, 0.3) is 0 Å². The van der Waals surface area contributed by atoms with E-state index in [1.165, 1.54) is 19.3 Å². The van der Waals surface area contributed by atoms with Crippen molar-refractivity contribution in [3.8, 4) is 6.07 Å². The van der Waals surface area contributed by atoms with Crippen LogP contribution in [0.2, 0.25) is 0 Å². The number of halogens is 2. The molecule has 2 aromatic carbocycles. The van der Waals surface area contributed by atoms with E-state index in [2.05, 4.69) is 0 Å². The van der Waals surface area contributed by atoms with Gasteiger partial charge in [0.1, 0.15) is 12.1 Å². The lowest BCUT2D eigenvalue weighted by molar-refractivity contribution is -0.116. The molecule has 4 nitrogen and oxygen atoms in total. The number of nitriles is 1. The number of carbonyl (C=O) groups is 1. The molecule has 0 bridgehead atoms. The molecule has 0 amide bonds. The van der Waals surface area contributed by atoms with Crippen molar-refractivity contribution < 1.29 is 18.7 Å². The summed E-state index contributed by atoms with van der Waals surface area (Å²) in [5.74, 6) is -1.77. The van der Waals surface area contributed by atoms with E-state index in [4.69, 9.17) is 21.1 Å². The van der Waals surface area contributed by atoms with Crippen LogP contribution >= 0.6 is 11.6 Å². The van der Waals surface area contributed by atoms with Gasteiger partial charge in [-0.25, -0.2) is 4.39 Å². The van der Waals surface area contributed by atoms with Crippen LogP contribution in [0.5, 0.6) is 0 Å². The van der Waals surface area contributed by atoms with E-state index in [9.17, 15) is 10.1 Å². The third kappa shape index (κ3) is 3.95. The maximum absolute atomic E-state index is 16.4. The molecular weight excluding hydrogens is 405 g/mol. The number of benzene rings is 2. The Morgan fingerprint density at radius 3 is 2.30 bits per heavy atom. The number of carbonyl (C=O) groups excluding carboxylic acids is 1. The van der Waals surface area contributed by atoms with E-state index in [-0.39, 0.29) is 18.8 Å². The van der Waals surface area contributed by atoms with Gasteiger partial charge < -0.3 is 14.3 Å². The summed E-state index contributed by atoms with van der Waals surface area (Å²) in [6, 6.07) is 19.3. The fraction of sp³-hybridized carbons (Fsp3) is 0.250. The molecule has 0 heterocycles. The molecule has 0 N–H and O–H groups in total. The van der Waals surface area contributed by atoms with Crippen molar-refractivity contribution in [1.29, 1.82) is 5.26 Å². The summed E-state index contributed by atoms with van der Waals surface area (Å²) in [6.45, 7) is 0.240. The maximum Gasteiger partial charge on any atom is 0.177 e. The first-order valence-corrected chi connectivity index (χ1v) is 9.80. The monoisotopic (exact) mass is 425 g/mol. The van der Waals surface area contributed by atoms with E-state index in [0.29, 0.717) is 17.4 Å². The second kappa shape index (κ2) is 9.36. The van der Waals surface area contributed by atoms with Crippen LogP contribution in [0, 0.1) is 11.3 Å². The third-order valence-corrected chi connectivity index (χ3v) is 5.50. The minimum Gasteiger partial charge on any atom is -0.382 e. The normalized spacial score (nSPS) is 24.3. The second-order valence-corrected chi connectivity index (χ2v) is 7.47. The summed E-state index contributed by atoms with van der Waals surface area (Å²) in [5, 5.41) is 9.73. The molecule has 0 fully saturated rings. The van der Waals surface area contributed by atoms with E-state index < -0.39 is 22.2 Å². The van der Waals surface area contributed by atoms with Gasteiger partial charge in [-0.05, 0) is 23.3 Å². The molecular formula is C24H21ClFNO3. The van der Waals surface area contributed by atoms with Gasteiger partial charge in [0, 0.05) is 12.7 Å². The number of methoxy groups -OCH3 is 1. The van der Waals surface area contributed by atoms with Gasteiger partial charge in [-0.1, -0.05) is 72.3 Å². The highest BCUT2D eigenvalue weighted by atomic mass is 35.5. The first-order chi connectivity index (χ1) is 14.5. The van der Waals surface area contributed by atoms with Gasteiger partial charge in [-0.2, -0.15) is 5.26 Å². The molecule has 2 aromatic rings. The van der Waals surface area contributed by atoms with Gasteiger partial charge in [0.2, 0.25) is 0 Å². The number of aldehydes is 1. The van der Waals surface area contributed by atoms with Crippen molar-refractivity contribution in [2.45, 2.75) is 16.4 Å². The average Bonchev–Trinajstić information content (AvgIpc) is 2.78. The number of alkyl halides is 1.